The van der Waals surface area contributed by atoms with Crippen molar-refractivity contribution in [3.63, 3.8) is 0 Å². The summed E-state index contributed by atoms with van der Waals surface area (Å²) in [6.07, 6.45) is 0. The number of nitrogens with two attached hydrogens (primary N) is 2. The van der Waals surface area contributed by atoms with Crippen molar-refractivity contribution in [1.29, 1.82) is 5.41 Å². The lowest BCUT2D eigenvalue weighted by Gasteiger charge is -2.14. The molecule has 0 atom stereocenters. The zero-order valence-electron chi connectivity index (χ0n) is 8.23. The maximum absolute atomic E-state index is 11.7. The van der Waals surface area contributed by atoms with E-state index in [2.05, 4.69) is 22.6 Å². The van der Waals surface area contributed by atoms with E-state index in [4.69, 9.17) is 28.5 Å². The number of hydrogen-bond donors (Lipinski definition) is 4. The molecule has 9 heteroatoms. The molecule has 0 saturated carbocycles. The third kappa shape index (κ3) is 2.34. The Morgan fingerprint density at radius 1 is 1.44 bits per heavy atom. The maximum Gasteiger partial charge on any atom is 0.282 e. The molecule has 0 aliphatic rings. The third-order valence-electron chi connectivity index (χ3n) is 1.73. The number of nitrogen functional groups attached to an aromatic ring is 2. The van der Waals surface area contributed by atoms with Crippen LogP contribution in [0.4, 0.5) is 11.6 Å². The smallest absolute Gasteiger partial charge is 0.282 e. The van der Waals surface area contributed by atoms with Gasteiger partial charge in [0, 0.05) is 7.05 Å². The predicted molar refractivity (Wildman–Crippen MR) is 64.7 cm³/mol. The fraction of sp³-hybridized carbons (Fsp3) is 0.143. The number of anilines is 2. The highest BCUT2D eigenvalue weighted by Gasteiger charge is 2.20. The van der Waals surface area contributed by atoms with Crippen molar-refractivity contribution >= 4 is 46.9 Å². The van der Waals surface area contributed by atoms with Crippen LogP contribution in [0.25, 0.3) is 0 Å². The summed E-state index contributed by atoms with van der Waals surface area (Å²) in [5.41, 5.74) is 10.7. The van der Waals surface area contributed by atoms with Crippen LogP contribution in [0, 0.1) is 5.41 Å². The van der Waals surface area contributed by atoms with Crippen LogP contribution in [-0.4, -0.2) is 33.0 Å². The lowest BCUT2D eigenvalue weighted by molar-refractivity contribution is 0.0868. The zero-order chi connectivity index (χ0) is 12.5. The quantitative estimate of drug-likeness (QED) is 0.327. The number of amidine groups is 1. The van der Waals surface area contributed by atoms with Gasteiger partial charge in [-0.15, -0.1) is 12.6 Å². The molecule has 1 amide bonds. The van der Waals surface area contributed by atoms with Crippen molar-refractivity contribution in [1.82, 2.24) is 14.9 Å². The topological polar surface area (TPSA) is 122 Å². The van der Waals surface area contributed by atoms with Crippen molar-refractivity contribution < 1.29 is 4.79 Å². The van der Waals surface area contributed by atoms with Crippen LogP contribution in [0.1, 0.15) is 10.5 Å². The van der Waals surface area contributed by atoms with Crippen LogP contribution in [-0.2, 0) is 0 Å². The first kappa shape index (κ1) is 12.5. The van der Waals surface area contributed by atoms with E-state index in [1.54, 1.807) is 0 Å². The molecule has 0 aliphatic carbocycles. The summed E-state index contributed by atoms with van der Waals surface area (Å²) >= 11 is 9.32. The van der Waals surface area contributed by atoms with E-state index < -0.39 is 5.91 Å². The highest BCUT2D eigenvalue weighted by molar-refractivity contribution is 7.96. The monoisotopic (exact) mass is 260 g/mol. The fourth-order valence-corrected chi connectivity index (χ4v) is 1.07. The van der Waals surface area contributed by atoms with Crippen LogP contribution < -0.4 is 11.5 Å². The van der Waals surface area contributed by atoms with Crippen LogP contribution >= 0.6 is 24.2 Å². The first-order chi connectivity index (χ1) is 7.34. The minimum absolute atomic E-state index is 0.0562. The van der Waals surface area contributed by atoms with Gasteiger partial charge in [0.1, 0.15) is 0 Å². The van der Waals surface area contributed by atoms with Gasteiger partial charge in [0.25, 0.3) is 5.91 Å². The largest absolute Gasteiger partial charge is 0.382 e. The van der Waals surface area contributed by atoms with Gasteiger partial charge in [-0.3, -0.25) is 15.1 Å². The van der Waals surface area contributed by atoms with Gasteiger partial charge >= 0.3 is 0 Å². The first-order valence-electron chi connectivity index (χ1n) is 3.98. The molecule has 0 unspecified atom stereocenters. The van der Waals surface area contributed by atoms with Crippen LogP contribution in [0.5, 0.6) is 0 Å². The Morgan fingerprint density at radius 3 is 2.50 bits per heavy atom. The van der Waals surface area contributed by atoms with Crippen molar-refractivity contribution in [2.75, 3.05) is 18.5 Å². The lowest BCUT2D eigenvalue weighted by Crippen LogP contribution is -2.31. The van der Waals surface area contributed by atoms with Gasteiger partial charge in [0.2, 0.25) is 0 Å². The van der Waals surface area contributed by atoms with Gasteiger partial charge < -0.3 is 11.5 Å². The van der Waals surface area contributed by atoms with Gasteiger partial charge in [0.05, 0.1) is 0 Å². The van der Waals surface area contributed by atoms with E-state index in [0.717, 1.165) is 4.90 Å². The summed E-state index contributed by atoms with van der Waals surface area (Å²) in [5.74, 6) is -0.834. The molecule has 1 aromatic heterocycles. The van der Waals surface area contributed by atoms with Crippen molar-refractivity contribution in [2.45, 2.75) is 0 Å². The minimum atomic E-state index is -0.633. The molecule has 16 heavy (non-hydrogen) atoms. The second-order valence-electron chi connectivity index (χ2n) is 2.82. The van der Waals surface area contributed by atoms with E-state index >= 15 is 0 Å². The normalized spacial score (nSPS) is 9.94. The van der Waals surface area contributed by atoms with E-state index in [1.807, 2.05) is 0 Å². The Labute approximate surface area is 102 Å². The van der Waals surface area contributed by atoms with Crippen molar-refractivity contribution in [2.24, 2.45) is 0 Å². The molecule has 1 rings (SSSR count). The summed E-state index contributed by atoms with van der Waals surface area (Å²) in [7, 11) is 1.35. The SMILES string of the molecule is CN(C(=N)S)C(=O)c1nc(Cl)c(N)nc1N. The molecule has 1 heterocycles. The molecule has 0 saturated heterocycles. The first-order valence-corrected chi connectivity index (χ1v) is 4.81. The van der Waals surface area contributed by atoms with E-state index in [1.165, 1.54) is 7.05 Å². The lowest BCUT2D eigenvalue weighted by atomic mass is 10.3. The zero-order valence-corrected chi connectivity index (χ0v) is 9.88. The molecule has 0 fully saturated rings. The molecule has 5 N–H and O–H groups in total. The molecule has 0 aliphatic heterocycles. The molecular weight excluding hydrogens is 252 g/mol. The predicted octanol–water partition coefficient (Wildman–Crippen LogP) is 0.231. The van der Waals surface area contributed by atoms with Crippen molar-refractivity contribution in [3.05, 3.63) is 10.8 Å². The number of halogens is 1. The number of rotatable bonds is 1. The molecule has 0 radical (unpaired) electrons. The highest BCUT2D eigenvalue weighted by Crippen LogP contribution is 2.18. The Morgan fingerprint density at radius 2 is 2.00 bits per heavy atom. The summed E-state index contributed by atoms with van der Waals surface area (Å²) < 4.78 is 0. The highest BCUT2D eigenvalue weighted by atomic mass is 35.5. The number of hydrogen-bond acceptors (Lipinski definition) is 6. The summed E-state index contributed by atoms with van der Waals surface area (Å²) in [5, 5.41) is 6.80. The second kappa shape index (κ2) is 4.54. The van der Waals surface area contributed by atoms with Crippen LogP contribution in [0.3, 0.4) is 0 Å². The van der Waals surface area contributed by atoms with Gasteiger partial charge in [-0.05, 0) is 0 Å². The number of amides is 1. The van der Waals surface area contributed by atoms with E-state index in [-0.39, 0.29) is 27.7 Å². The standard InChI is InChI=1S/C7H9ClN6OS/c1-14(7(11)16)6(15)2-4(9)13-5(10)3(8)12-2/h1H3,(H2,11,16)(H4,9,10,13). The number of nitrogens with zero attached hydrogens (tertiary/aromatic N) is 3. The maximum atomic E-state index is 11.7. The molecule has 0 aromatic carbocycles. The molecule has 86 valence electrons. The van der Waals surface area contributed by atoms with Crippen LogP contribution in [0.15, 0.2) is 0 Å². The molecule has 1 aromatic rings. The van der Waals surface area contributed by atoms with Gasteiger partial charge in [-0.1, -0.05) is 11.6 Å². The number of nitrogens with one attached hydrogen (secondary N) is 1. The molecule has 7 nitrogen and oxygen atoms in total. The average molecular weight is 261 g/mol. The van der Waals surface area contributed by atoms with E-state index in [0.29, 0.717) is 0 Å². The van der Waals surface area contributed by atoms with Crippen molar-refractivity contribution in [3.8, 4) is 0 Å². The Hall–Kier alpha value is -1.54. The Kier molecular flexibility index (Phi) is 3.55. The summed E-state index contributed by atoms with van der Waals surface area (Å²) in [4.78, 5) is 20.0. The summed E-state index contributed by atoms with van der Waals surface area (Å²) in [6.45, 7) is 0. The molecule has 0 spiro atoms. The Balaban J connectivity index is 3.19. The number of aromatic nitrogens is 2. The third-order valence-corrected chi connectivity index (χ3v) is 2.31. The van der Waals surface area contributed by atoms with Gasteiger partial charge in [-0.2, -0.15) is 0 Å². The second-order valence-corrected chi connectivity index (χ2v) is 3.60. The molecule has 0 bridgehead atoms. The average Bonchev–Trinajstić information content (AvgIpc) is 2.21. The minimum Gasteiger partial charge on any atom is -0.382 e. The fourth-order valence-electron chi connectivity index (χ4n) is 0.854. The van der Waals surface area contributed by atoms with Crippen LogP contribution in [0.2, 0.25) is 5.15 Å². The van der Waals surface area contributed by atoms with Gasteiger partial charge in [0.15, 0.2) is 27.7 Å². The molecular formula is C7H9ClN6OS. The van der Waals surface area contributed by atoms with Gasteiger partial charge in [-0.25, -0.2) is 9.97 Å². The van der Waals surface area contributed by atoms with E-state index in [9.17, 15) is 4.79 Å². The summed E-state index contributed by atoms with van der Waals surface area (Å²) in [6, 6.07) is 0. The number of thiol groups is 1. The number of carbonyl (C=O) groups is 1. The Bertz CT molecular complexity index is 464. The number of carbonyl (C=O) groups excluding carboxylic acids is 1.